The first-order valence-electron chi connectivity index (χ1n) is 9.15. The summed E-state index contributed by atoms with van der Waals surface area (Å²) in [6, 6.07) is 10.2. The summed E-state index contributed by atoms with van der Waals surface area (Å²) in [6.45, 7) is 0.363. The second-order valence-corrected chi connectivity index (χ2v) is 8.48. The summed E-state index contributed by atoms with van der Waals surface area (Å²) in [5.41, 5.74) is 7.53. The van der Waals surface area contributed by atoms with Crippen molar-refractivity contribution in [2.75, 3.05) is 5.73 Å². The Balaban J connectivity index is 1.71. The molecule has 2 aromatic heterocycles. The van der Waals surface area contributed by atoms with Crippen molar-refractivity contribution in [3.05, 3.63) is 90.1 Å². The molecule has 0 unspecified atom stereocenters. The van der Waals surface area contributed by atoms with Gasteiger partial charge in [0.1, 0.15) is 11.9 Å². The third kappa shape index (κ3) is 4.40. The van der Waals surface area contributed by atoms with E-state index in [0.717, 1.165) is 0 Å². The van der Waals surface area contributed by atoms with E-state index in [2.05, 4.69) is 10.2 Å². The lowest BCUT2D eigenvalue weighted by molar-refractivity contribution is -0.384. The number of nitrogens with zero attached hydrogens (tertiary/aromatic N) is 5. The number of nitro groups is 1. The van der Waals surface area contributed by atoms with Crippen LogP contribution in [0.2, 0.25) is 20.1 Å². The Morgan fingerprint density at radius 3 is 1.72 bits per heavy atom. The van der Waals surface area contributed by atoms with Crippen LogP contribution in [0.1, 0.15) is 11.1 Å². The molecule has 0 atom stereocenters. The van der Waals surface area contributed by atoms with E-state index in [1.54, 1.807) is 42.6 Å². The predicted molar refractivity (Wildman–Crippen MR) is 126 cm³/mol. The van der Waals surface area contributed by atoms with Crippen molar-refractivity contribution >= 4 is 57.8 Å². The topological polar surface area (TPSA) is 105 Å². The van der Waals surface area contributed by atoms with Crippen LogP contribution in [0.5, 0.6) is 0 Å². The lowest BCUT2D eigenvalue weighted by Gasteiger charge is -2.06. The standard InChI is InChI=1S/C20H14Cl4N6O2/c21-13-3-1-4-14(22)11(13)7-28-9-17(25)19(26-28)20-18(30(31)32)10-29(27-20)8-12-15(23)5-2-6-16(12)24/h1-6,9-10H,7-8,25H2. The highest BCUT2D eigenvalue weighted by Gasteiger charge is 2.26. The highest BCUT2D eigenvalue weighted by atomic mass is 35.5. The molecule has 0 saturated carbocycles. The zero-order valence-corrected chi connectivity index (χ0v) is 19.2. The largest absolute Gasteiger partial charge is 0.396 e. The molecule has 32 heavy (non-hydrogen) atoms. The first kappa shape index (κ1) is 22.4. The lowest BCUT2D eigenvalue weighted by atomic mass is 10.2. The highest BCUT2D eigenvalue weighted by Crippen LogP contribution is 2.33. The van der Waals surface area contributed by atoms with Crippen LogP contribution in [-0.4, -0.2) is 24.5 Å². The van der Waals surface area contributed by atoms with E-state index in [1.165, 1.54) is 15.6 Å². The van der Waals surface area contributed by atoms with Gasteiger partial charge in [0.05, 0.1) is 23.7 Å². The second kappa shape index (κ2) is 8.99. The summed E-state index contributed by atoms with van der Waals surface area (Å²) in [5, 5.41) is 22.2. The van der Waals surface area contributed by atoms with Gasteiger partial charge in [-0.2, -0.15) is 10.2 Å². The molecule has 4 rings (SSSR count). The van der Waals surface area contributed by atoms with Gasteiger partial charge in [-0.05, 0) is 24.3 Å². The van der Waals surface area contributed by atoms with Crippen LogP contribution in [0, 0.1) is 10.1 Å². The predicted octanol–water partition coefficient (Wildman–Crippen LogP) is 5.95. The van der Waals surface area contributed by atoms with E-state index in [1.807, 2.05) is 0 Å². The first-order chi connectivity index (χ1) is 15.2. The van der Waals surface area contributed by atoms with Crippen molar-refractivity contribution in [3.63, 3.8) is 0 Å². The summed E-state index contributed by atoms with van der Waals surface area (Å²) in [5.74, 6) is 0. The molecule has 4 aromatic rings. The van der Waals surface area contributed by atoms with Gasteiger partial charge in [0.2, 0.25) is 0 Å². The van der Waals surface area contributed by atoms with E-state index >= 15 is 0 Å². The molecular formula is C20H14Cl4N6O2. The van der Waals surface area contributed by atoms with Crippen molar-refractivity contribution in [3.8, 4) is 11.4 Å². The molecule has 0 aliphatic heterocycles. The molecule has 164 valence electrons. The van der Waals surface area contributed by atoms with Crippen molar-refractivity contribution < 1.29 is 4.92 Å². The quantitative estimate of drug-likeness (QED) is 0.254. The van der Waals surface area contributed by atoms with Gasteiger partial charge in [0, 0.05) is 37.4 Å². The molecule has 2 heterocycles. The van der Waals surface area contributed by atoms with Crippen LogP contribution in [0.3, 0.4) is 0 Å². The second-order valence-electron chi connectivity index (χ2n) is 6.85. The smallest absolute Gasteiger partial charge is 0.316 e. The molecule has 0 radical (unpaired) electrons. The lowest BCUT2D eigenvalue weighted by Crippen LogP contribution is -2.03. The third-order valence-corrected chi connectivity index (χ3v) is 6.13. The number of aromatic nitrogens is 4. The third-order valence-electron chi connectivity index (χ3n) is 4.72. The molecule has 8 nitrogen and oxygen atoms in total. The first-order valence-corrected chi connectivity index (χ1v) is 10.7. The Hall–Kier alpha value is -2.78. The summed E-state index contributed by atoms with van der Waals surface area (Å²) in [7, 11) is 0. The zero-order chi connectivity index (χ0) is 23.0. The molecule has 0 spiro atoms. The number of rotatable bonds is 6. The maximum atomic E-state index is 11.7. The van der Waals surface area contributed by atoms with Gasteiger partial charge >= 0.3 is 5.69 Å². The highest BCUT2D eigenvalue weighted by molar-refractivity contribution is 6.36. The molecule has 0 aliphatic rings. The molecule has 0 fully saturated rings. The van der Waals surface area contributed by atoms with Gasteiger partial charge in [-0.15, -0.1) is 0 Å². The minimum atomic E-state index is -0.545. The van der Waals surface area contributed by atoms with Gasteiger partial charge in [-0.3, -0.25) is 19.5 Å². The fraction of sp³-hybridized carbons (Fsp3) is 0.100. The van der Waals surface area contributed by atoms with Crippen molar-refractivity contribution in [1.29, 1.82) is 0 Å². The van der Waals surface area contributed by atoms with Crippen LogP contribution >= 0.6 is 46.4 Å². The molecule has 2 N–H and O–H groups in total. The number of hydrogen-bond donors (Lipinski definition) is 1. The molecule has 0 saturated heterocycles. The molecule has 0 amide bonds. The van der Waals surface area contributed by atoms with Crippen LogP contribution < -0.4 is 5.73 Å². The van der Waals surface area contributed by atoms with Gasteiger partial charge in [0.25, 0.3) is 0 Å². The Morgan fingerprint density at radius 1 is 0.812 bits per heavy atom. The molecule has 0 aliphatic carbocycles. The minimum Gasteiger partial charge on any atom is -0.396 e. The van der Waals surface area contributed by atoms with Crippen molar-refractivity contribution in [2.24, 2.45) is 0 Å². The van der Waals surface area contributed by atoms with E-state index in [0.29, 0.717) is 31.2 Å². The van der Waals surface area contributed by atoms with Crippen molar-refractivity contribution in [1.82, 2.24) is 19.6 Å². The van der Waals surface area contributed by atoms with Gasteiger partial charge < -0.3 is 5.73 Å². The van der Waals surface area contributed by atoms with Crippen molar-refractivity contribution in [2.45, 2.75) is 13.1 Å². The maximum absolute atomic E-state index is 11.7. The summed E-state index contributed by atoms with van der Waals surface area (Å²) in [4.78, 5) is 11.1. The maximum Gasteiger partial charge on any atom is 0.316 e. The average molecular weight is 512 g/mol. The molecule has 2 aromatic carbocycles. The van der Waals surface area contributed by atoms with E-state index in [-0.39, 0.29) is 35.9 Å². The summed E-state index contributed by atoms with van der Waals surface area (Å²) < 4.78 is 2.88. The van der Waals surface area contributed by atoms with Crippen LogP contribution in [-0.2, 0) is 13.1 Å². The Bertz CT molecular complexity index is 1290. The normalized spacial score (nSPS) is 11.1. The number of nitrogens with two attached hydrogens (primary N) is 1. The number of halogens is 4. The molecule has 0 bridgehead atoms. The van der Waals surface area contributed by atoms with Crippen LogP contribution in [0.4, 0.5) is 11.4 Å². The summed E-state index contributed by atoms with van der Waals surface area (Å²) >= 11 is 24.9. The van der Waals surface area contributed by atoms with Gasteiger partial charge in [-0.1, -0.05) is 58.5 Å². The zero-order valence-electron chi connectivity index (χ0n) is 16.2. The molecular weight excluding hydrogens is 498 g/mol. The van der Waals surface area contributed by atoms with Crippen LogP contribution in [0.25, 0.3) is 11.4 Å². The fourth-order valence-electron chi connectivity index (χ4n) is 3.19. The monoisotopic (exact) mass is 510 g/mol. The number of hydrogen-bond acceptors (Lipinski definition) is 5. The Labute approximate surface area is 202 Å². The van der Waals surface area contributed by atoms with E-state index in [4.69, 9.17) is 52.1 Å². The van der Waals surface area contributed by atoms with E-state index < -0.39 is 4.92 Å². The summed E-state index contributed by atoms with van der Waals surface area (Å²) in [6.07, 6.45) is 2.83. The number of nitrogen functional groups attached to an aromatic ring is 1. The molecule has 12 heteroatoms. The Kier molecular flexibility index (Phi) is 6.30. The fourth-order valence-corrected chi connectivity index (χ4v) is 4.22. The van der Waals surface area contributed by atoms with Gasteiger partial charge in [-0.25, -0.2) is 0 Å². The SMILES string of the molecule is Nc1cn(Cc2c(Cl)cccc2Cl)nc1-c1nn(Cc2c(Cl)cccc2Cl)cc1[N+](=O)[O-]. The van der Waals surface area contributed by atoms with Gasteiger partial charge in [0.15, 0.2) is 5.69 Å². The number of anilines is 1. The van der Waals surface area contributed by atoms with Crippen LogP contribution in [0.15, 0.2) is 48.8 Å². The number of benzene rings is 2. The van der Waals surface area contributed by atoms with E-state index in [9.17, 15) is 10.1 Å². The minimum absolute atomic E-state index is 0.0275. The average Bonchev–Trinajstić information content (AvgIpc) is 3.31. The Morgan fingerprint density at radius 2 is 1.25 bits per heavy atom.